The lowest BCUT2D eigenvalue weighted by molar-refractivity contribution is -0.145. The van der Waals surface area contributed by atoms with Gasteiger partial charge in [-0.15, -0.1) is 0 Å². The van der Waals surface area contributed by atoms with Gasteiger partial charge in [-0.05, 0) is 0 Å². The quantitative estimate of drug-likeness (QED) is 0.528. The van der Waals surface area contributed by atoms with Crippen LogP contribution in [-0.2, 0) is 9.59 Å². The van der Waals surface area contributed by atoms with Crippen molar-refractivity contribution in [3.63, 3.8) is 0 Å². The third kappa shape index (κ3) is 2.42. The van der Waals surface area contributed by atoms with Crippen LogP contribution >= 0.6 is 0 Å². The Bertz CT molecular complexity index is 207. The number of β-amino-alcohol motifs (C(OH)–C–C–N with tert-alkyl or cyclic N) is 1. The van der Waals surface area contributed by atoms with Crippen molar-refractivity contribution in [1.82, 2.24) is 9.80 Å². The maximum Gasteiger partial charge on any atom is 0.220 e. The summed E-state index contributed by atoms with van der Waals surface area (Å²) < 4.78 is 0. The third-order valence-electron chi connectivity index (χ3n) is 2.09. The first-order chi connectivity index (χ1) is 6.00. The lowest BCUT2D eigenvalue weighted by Gasteiger charge is -2.37. The molecule has 2 amide bonds. The van der Waals surface area contributed by atoms with Crippen LogP contribution in [0.2, 0.25) is 0 Å². The van der Waals surface area contributed by atoms with E-state index >= 15 is 0 Å². The number of aliphatic hydroxyl groups excluding tert-OH is 1. The lowest BCUT2D eigenvalue weighted by atomic mass is 10.2. The number of amides is 2. The molecule has 0 saturated carbocycles. The number of carbonyl (C=O) groups is 2. The third-order valence-corrected chi connectivity index (χ3v) is 2.09. The molecule has 1 aliphatic heterocycles. The molecule has 1 rings (SSSR count). The molecule has 1 saturated heterocycles. The Labute approximate surface area is 76.9 Å². The zero-order chi connectivity index (χ0) is 10.0. The predicted molar refractivity (Wildman–Crippen MR) is 45.6 cm³/mol. The van der Waals surface area contributed by atoms with Crippen LogP contribution in [0, 0.1) is 0 Å². The van der Waals surface area contributed by atoms with Gasteiger partial charge in [-0.25, -0.2) is 0 Å². The van der Waals surface area contributed by atoms with Crippen LogP contribution in [0.15, 0.2) is 0 Å². The van der Waals surface area contributed by atoms with Crippen LogP contribution < -0.4 is 0 Å². The van der Waals surface area contributed by atoms with E-state index in [0.29, 0.717) is 19.8 Å². The summed E-state index contributed by atoms with van der Waals surface area (Å²) in [5, 5.41) is 9.36. The van der Waals surface area contributed by atoms with E-state index in [1.165, 1.54) is 23.6 Å². The van der Waals surface area contributed by atoms with E-state index in [9.17, 15) is 14.7 Å². The molecule has 0 aliphatic carbocycles. The highest BCUT2D eigenvalue weighted by atomic mass is 16.3. The van der Waals surface area contributed by atoms with Crippen LogP contribution in [0.5, 0.6) is 0 Å². The fraction of sp³-hybridized carbons (Fsp3) is 0.750. The summed E-state index contributed by atoms with van der Waals surface area (Å²) >= 11 is 0. The zero-order valence-electron chi connectivity index (χ0n) is 7.86. The molecule has 0 atom stereocenters. The van der Waals surface area contributed by atoms with Gasteiger partial charge in [0.05, 0.1) is 25.9 Å². The first-order valence-electron chi connectivity index (χ1n) is 4.20. The number of carbonyl (C=O) groups excluding carboxylic acids is 2. The van der Waals surface area contributed by atoms with Gasteiger partial charge in [0.15, 0.2) is 0 Å². The number of hydrogen-bond acceptors (Lipinski definition) is 3. The normalized spacial score (nSPS) is 19.0. The van der Waals surface area contributed by atoms with Gasteiger partial charge in [-0.2, -0.15) is 0 Å². The molecule has 0 bridgehead atoms. The molecule has 1 N–H and O–H groups in total. The molecule has 0 aromatic heterocycles. The standard InChI is InChI=1S/C8H14N2O3/c1-6(11)9-3-8(13)4-10(5-9)7(2)12/h8,13H,3-5H2,1-2H3. The van der Waals surface area contributed by atoms with E-state index in [1.807, 2.05) is 0 Å². The molecule has 0 aromatic carbocycles. The van der Waals surface area contributed by atoms with Gasteiger partial charge in [-0.3, -0.25) is 9.59 Å². The molecule has 1 heterocycles. The van der Waals surface area contributed by atoms with Gasteiger partial charge in [0.2, 0.25) is 11.8 Å². The molecule has 1 aliphatic rings. The van der Waals surface area contributed by atoms with E-state index in [1.54, 1.807) is 0 Å². The Kier molecular flexibility index (Phi) is 2.87. The second-order valence-corrected chi connectivity index (χ2v) is 3.28. The smallest absolute Gasteiger partial charge is 0.220 e. The molecular weight excluding hydrogens is 172 g/mol. The second-order valence-electron chi connectivity index (χ2n) is 3.28. The minimum atomic E-state index is -0.624. The summed E-state index contributed by atoms with van der Waals surface area (Å²) in [5.41, 5.74) is 0. The summed E-state index contributed by atoms with van der Waals surface area (Å²) in [4.78, 5) is 24.9. The Hall–Kier alpha value is -1.10. The van der Waals surface area contributed by atoms with Crippen LogP contribution in [0.1, 0.15) is 13.8 Å². The van der Waals surface area contributed by atoms with Gasteiger partial charge < -0.3 is 14.9 Å². The van der Waals surface area contributed by atoms with Crippen molar-refractivity contribution in [2.24, 2.45) is 0 Å². The van der Waals surface area contributed by atoms with Gasteiger partial charge in [0, 0.05) is 13.8 Å². The highest BCUT2D eigenvalue weighted by molar-refractivity contribution is 5.76. The SMILES string of the molecule is CC(=O)N1CC(O)CN(C(C)=O)C1. The molecule has 5 nitrogen and oxygen atoms in total. The first-order valence-corrected chi connectivity index (χ1v) is 4.20. The van der Waals surface area contributed by atoms with Crippen molar-refractivity contribution < 1.29 is 14.7 Å². The maximum absolute atomic E-state index is 11.0. The number of hydrogen-bond donors (Lipinski definition) is 1. The largest absolute Gasteiger partial charge is 0.389 e. The van der Waals surface area contributed by atoms with Gasteiger partial charge >= 0.3 is 0 Å². The van der Waals surface area contributed by atoms with E-state index in [4.69, 9.17) is 0 Å². The minimum Gasteiger partial charge on any atom is -0.389 e. The first kappa shape index (κ1) is 9.98. The highest BCUT2D eigenvalue weighted by Gasteiger charge is 2.26. The molecule has 13 heavy (non-hydrogen) atoms. The summed E-state index contributed by atoms with van der Waals surface area (Å²) in [6.45, 7) is 3.78. The summed E-state index contributed by atoms with van der Waals surface area (Å²) in [7, 11) is 0. The van der Waals surface area contributed by atoms with Gasteiger partial charge in [0.1, 0.15) is 0 Å². The minimum absolute atomic E-state index is 0.120. The molecule has 0 radical (unpaired) electrons. The van der Waals surface area contributed by atoms with Crippen molar-refractivity contribution in [1.29, 1.82) is 0 Å². The molecule has 5 heteroatoms. The molecule has 1 fully saturated rings. The average molecular weight is 186 g/mol. The summed E-state index contributed by atoms with van der Waals surface area (Å²) in [6, 6.07) is 0. The van der Waals surface area contributed by atoms with Crippen LogP contribution in [0.4, 0.5) is 0 Å². The summed E-state index contributed by atoms with van der Waals surface area (Å²) in [5.74, 6) is -0.241. The summed E-state index contributed by atoms with van der Waals surface area (Å²) in [6.07, 6.45) is -0.624. The average Bonchev–Trinajstić information content (AvgIpc) is 2.03. The molecule has 74 valence electrons. The Morgan fingerprint density at radius 3 is 1.85 bits per heavy atom. The Morgan fingerprint density at radius 2 is 1.54 bits per heavy atom. The number of rotatable bonds is 0. The number of nitrogens with zero attached hydrogens (tertiary/aromatic N) is 2. The van der Waals surface area contributed by atoms with Crippen LogP contribution in [0.3, 0.4) is 0 Å². The number of aliphatic hydroxyl groups is 1. The Morgan fingerprint density at radius 1 is 1.15 bits per heavy atom. The molecule has 0 unspecified atom stereocenters. The second kappa shape index (κ2) is 3.74. The molecule has 0 spiro atoms. The van der Waals surface area contributed by atoms with E-state index < -0.39 is 6.10 Å². The van der Waals surface area contributed by atoms with Crippen molar-refractivity contribution in [2.75, 3.05) is 19.8 Å². The van der Waals surface area contributed by atoms with Crippen molar-refractivity contribution in [2.45, 2.75) is 20.0 Å². The van der Waals surface area contributed by atoms with Gasteiger partial charge in [-0.1, -0.05) is 0 Å². The zero-order valence-corrected chi connectivity index (χ0v) is 7.86. The molecular formula is C8H14N2O3. The van der Waals surface area contributed by atoms with Crippen molar-refractivity contribution in [3.05, 3.63) is 0 Å². The van der Waals surface area contributed by atoms with Crippen LogP contribution in [-0.4, -0.2) is 52.6 Å². The van der Waals surface area contributed by atoms with E-state index in [2.05, 4.69) is 0 Å². The van der Waals surface area contributed by atoms with Crippen molar-refractivity contribution in [3.8, 4) is 0 Å². The van der Waals surface area contributed by atoms with Gasteiger partial charge in [0.25, 0.3) is 0 Å². The maximum atomic E-state index is 11.0. The topological polar surface area (TPSA) is 60.9 Å². The highest BCUT2D eigenvalue weighted by Crippen LogP contribution is 2.06. The van der Waals surface area contributed by atoms with E-state index in [0.717, 1.165) is 0 Å². The fourth-order valence-corrected chi connectivity index (χ4v) is 1.34. The van der Waals surface area contributed by atoms with Crippen molar-refractivity contribution >= 4 is 11.8 Å². The fourth-order valence-electron chi connectivity index (χ4n) is 1.34. The van der Waals surface area contributed by atoms with E-state index in [-0.39, 0.29) is 11.8 Å². The predicted octanol–water partition coefficient (Wildman–Crippen LogP) is -0.985. The Balaban J connectivity index is 2.62. The monoisotopic (exact) mass is 186 g/mol. The molecule has 0 aromatic rings. The lowest BCUT2D eigenvalue weighted by Crippen LogP contribution is -2.54. The van der Waals surface area contributed by atoms with Crippen LogP contribution in [0.25, 0.3) is 0 Å².